The second kappa shape index (κ2) is 8.78. The summed E-state index contributed by atoms with van der Waals surface area (Å²) in [5.74, 6) is -0.467. The summed E-state index contributed by atoms with van der Waals surface area (Å²) in [6.07, 6.45) is 2.07. The van der Waals surface area contributed by atoms with Crippen molar-refractivity contribution in [2.75, 3.05) is 18.4 Å². The van der Waals surface area contributed by atoms with Crippen molar-refractivity contribution in [2.45, 2.75) is 25.4 Å². The highest BCUT2D eigenvalue weighted by Gasteiger charge is 2.20. The molecule has 1 fully saturated rings. The van der Waals surface area contributed by atoms with Crippen LogP contribution in [0.5, 0.6) is 0 Å². The van der Waals surface area contributed by atoms with Crippen molar-refractivity contribution in [3.05, 3.63) is 65.7 Å². The highest BCUT2D eigenvalue weighted by Crippen LogP contribution is 2.16. The minimum atomic E-state index is -0.467. The minimum Gasteiger partial charge on any atom is -0.366 e. The molecule has 6 heteroatoms. The smallest absolute Gasteiger partial charge is 0.250 e. The van der Waals surface area contributed by atoms with Gasteiger partial charge >= 0.3 is 0 Å². The monoisotopic (exact) mass is 368 g/mol. The summed E-state index contributed by atoms with van der Waals surface area (Å²) >= 11 is 5.41. The molecule has 0 bridgehead atoms. The van der Waals surface area contributed by atoms with E-state index in [4.69, 9.17) is 18.0 Å². The first-order valence-corrected chi connectivity index (χ1v) is 9.25. The van der Waals surface area contributed by atoms with Gasteiger partial charge in [0.15, 0.2) is 5.11 Å². The summed E-state index contributed by atoms with van der Waals surface area (Å²) in [5, 5.41) is 6.98. The van der Waals surface area contributed by atoms with Crippen molar-refractivity contribution in [1.29, 1.82) is 0 Å². The molecule has 5 nitrogen and oxygen atoms in total. The topological polar surface area (TPSA) is 70.4 Å². The lowest BCUT2D eigenvalue weighted by Crippen LogP contribution is -2.45. The molecule has 0 saturated carbocycles. The Bertz CT molecular complexity index is 757. The van der Waals surface area contributed by atoms with Gasteiger partial charge in [0.05, 0.1) is 11.3 Å². The van der Waals surface area contributed by atoms with E-state index in [2.05, 4.69) is 39.8 Å². The Labute approximate surface area is 159 Å². The van der Waals surface area contributed by atoms with Crippen molar-refractivity contribution >= 4 is 28.9 Å². The predicted molar refractivity (Wildman–Crippen MR) is 109 cm³/mol. The Balaban J connectivity index is 1.47. The van der Waals surface area contributed by atoms with E-state index < -0.39 is 5.91 Å². The van der Waals surface area contributed by atoms with Gasteiger partial charge in [0, 0.05) is 25.7 Å². The summed E-state index contributed by atoms with van der Waals surface area (Å²) in [4.78, 5) is 14.0. The third-order valence-corrected chi connectivity index (χ3v) is 4.83. The number of nitrogens with one attached hydrogen (secondary N) is 2. The van der Waals surface area contributed by atoms with Crippen LogP contribution < -0.4 is 16.4 Å². The molecule has 0 radical (unpaired) electrons. The molecule has 3 rings (SSSR count). The Morgan fingerprint density at radius 3 is 2.42 bits per heavy atom. The molecule has 2 aromatic carbocycles. The van der Waals surface area contributed by atoms with E-state index in [1.54, 1.807) is 18.2 Å². The average Bonchev–Trinajstić information content (AvgIpc) is 2.64. The van der Waals surface area contributed by atoms with Crippen molar-refractivity contribution in [3.63, 3.8) is 0 Å². The van der Waals surface area contributed by atoms with Gasteiger partial charge in [-0.05, 0) is 42.8 Å². The molecule has 0 unspecified atom stereocenters. The van der Waals surface area contributed by atoms with Crippen LogP contribution in [0.3, 0.4) is 0 Å². The lowest BCUT2D eigenvalue weighted by Gasteiger charge is -2.33. The molecule has 26 heavy (non-hydrogen) atoms. The van der Waals surface area contributed by atoms with Crippen LogP contribution in [0.15, 0.2) is 54.6 Å². The lowest BCUT2D eigenvalue weighted by molar-refractivity contribution is 0.100. The van der Waals surface area contributed by atoms with Crippen molar-refractivity contribution < 1.29 is 4.79 Å². The number of carbonyl (C=O) groups excluding carboxylic acids is 1. The second-order valence-corrected chi connectivity index (χ2v) is 6.95. The molecular weight excluding hydrogens is 344 g/mol. The van der Waals surface area contributed by atoms with Gasteiger partial charge < -0.3 is 16.4 Å². The maximum absolute atomic E-state index is 11.5. The standard InChI is InChI=1S/C20H24N4OS/c21-19(25)17-8-4-5-9-18(17)23-20(26)22-16-10-12-24(13-11-16)14-15-6-2-1-3-7-15/h1-9,16H,10-14H2,(H2,21,25)(H2,22,23,26). The summed E-state index contributed by atoms with van der Waals surface area (Å²) < 4.78 is 0. The molecule has 1 aliphatic heterocycles. The average molecular weight is 369 g/mol. The first kappa shape index (κ1) is 18.4. The Morgan fingerprint density at radius 1 is 1.08 bits per heavy atom. The number of rotatable bonds is 5. The maximum atomic E-state index is 11.5. The molecule has 4 N–H and O–H groups in total. The van der Waals surface area contributed by atoms with Gasteiger partial charge in [-0.3, -0.25) is 9.69 Å². The number of primary amides is 1. The van der Waals surface area contributed by atoms with Gasteiger partial charge in [0.25, 0.3) is 5.91 Å². The number of para-hydroxylation sites is 1. The largest absolute Gasteiger partial charge is 0.366 e. The molecular formula is C20H24N4OS. The van der Waals surface area contributed by atoms with Crippen LogP contribution in [-0.4, -0.2) is 35.1 Å². The molecule has 0 aliphatic carbocycles. The minimum absolute atomic E-state index is 0.336. The van der Waals surface area contributed by atoms with Gasteiger partial charge in [-0.25, -0.2) is 0 Å². The molecule has 0 spiro atoms. The van der Waals surface area contributed by atoms with Crippen LogP contribution in [0.2, 0.25) is 0 Å². The fourth-order valence-corrected chi connectivity index (χ4v) is 3.50. The zero-order valence-corrected chi connectivity index (χ0v) is 15.5. The number of carbonyl (C=O) groups is 1. The van der Waals surface area contributed by atoms with Crippen LogP contribution in [0.25, 0.3) is 0 Å². The third kappa shape index (κ3) is 5.03. The van der Waals surface area contributed by atoms with Crippen molar-refractivity contribution in [3.8, 4) is 0 Å². The molecule has 0 aromatic heterocycles. The second-order valence-electron chi connectivity index (χ2n) is 6.54. The number of hydrogen-bond donors (Lipinski definition) is 3. The normalized spacial score (nSPS) is 15.4. The Morgan fingerprint density at radius 2 is 1.73 bits per heavy atom. The molecule has 1 heterocycles. The number of piperidine rings is 1. The van der Waals surface area contributed by atoms with E-state index in [-0.39, 0.29) is 0 Å². The van der Waals surface area contributed by atoms with Gasteiger partial charge in [-0.1, -0.05) is 42.5 Å². The zero-order valence-electron chi connectivity index (χ0n) is 14.7. The quantitative estimate of drug-likeness (QED) is 0.708. The number of nitrogens with zero attached hydrogens (tertiary/aromatic N) is 1. The fraction of sp³-hybridized carbons (Fsp3) is 0.300. The first-order chi connectivity index (χ1) is 12.6. The van der Waals surface area contributed by atoms with E-state index in [1.807, 2.05) is 12.1 Å². The molecule has 136 valence electrons. The van der Waals surface area contributed by atoms with Gasteiger partial charge in [-0.2, -0.15) is 0 Å². The zero-order chi connectivity index (χ0) is 18.4. The predicted octanol–water partition coefficient (Wildman–Crippen LogP) is 2.74. The maximum Gasteiger partial charge on any atom is 0.250 e. The van der Waals surface area contributed by atoms with E-state index in [9.17, 15) is 4.79 Å². The Hall–Kier alpha value is -2.44. The number of benzene rings is 2. The van der Waals surface area contributed by atoms with Crippen LogP contribution in [0, 0.1) is 0 Å². The SMILES string of the molecule is NC(=O)c1ccccc1NC(=S)NC1CCN(Cc2ccccc2)CC1. The molecule has 0 atom stereocenters. The molecule has 1 amide bonds. The Kier molecular flexibility index (Phi) is 6.20. The van der Waals surface area contributed by atoms with E-state index in [0.29, 0.717) is 22.4 Å². The van der Waals surface area contributed by atoms with Gasteiger partial charge in [-0.15, -0.1) is 0 Å². The summed E-state index contributed by atoms with van der Waals surface area (Å²) in [6.45, 7) is 3.06. The summed E-state index contributed by atoms with van der Waals surface area (Å²) in [7, 11) is 0. The van der Waals surface area contributed by atoms with Crippen molar-refractivity contribution in [2.24, 2.45) is 5.73 Å². The number of likely N-dealkylation sites (tertiary alicyclic amines) is 1. The number of nitrogens with two attached hydrogens (primary N) is 1. The molecule has 1 saturated heterocycles. The van der Waals surface area contributed by atoms with E-state index in [1.165, 1.54) is 5.56 Å². The number of thiocarbonyl (C=S) groups is 1. The van der Waals surface area contributed by atoms with Gasteiger partial charge in [0.2, 0.25) is 0 Å². The van der Waals surface area contributed by atoms with E-state index in [0.717, 1.165) is 32.5 Å². The lowest BCUT2D eigenvalue weighted by atomic mass is 10.0. The number of anilines is 1. The van der Waals surface area contributed by atoms with Crippen molar-refractivity contribution in [1.82, 2.24) is 10.2 Å². The number of amides is 1. The highest BCUT2D eigenvalue weighted by molar-refractivity contribution is 7.80. The van der Waals surface area contributed by atoms with Crippen LogP contribution in [-0.2, 0) is 6.54 Å². The summed E-state index contributed by atoms with van der Waals surface area (Å²) in [5.41, 5.74) is 7.83. The van der Waals surface area contributed by atoms with Crippen LogP contribution in [0.4, 0.5) is 5.69 Å². The van der Waals surface area contributed by atoms with Gasteiger partial charge in [0.1, 0.15) is 0 Å². The third-order valence-electron chi connectivity index (χ3n) is 4.61. The molecule has 1 aliphatic rings. The highest BCUT2D eigenvalue weighted by atomic mass is 32.1. The van der Waals surface area contributed by atoms with Crippen LogP contribution in [0.1, 0.15) is 28.8 Å². The van der Waals surface area contributed by atoms with E-state index >= 15 is 0 Å². The molecule has 2 aromatic rings. The first-order valence-electron chi connectivity index (χ1n) is 8.84. The summed E-state index contributed by atoms with van der Waals surface area (Å²) in [6, 6.07) is 18.0. The fourth-order valence-electron chi connectivity index (χ4n) is 3.23. The van der Waals surface area contributed by atoms with Crippen LogP contribution >= 0.6 is 12.2 Å². The number of hydrogen-bond acceptors (Lipinski definition) is 3.